The summed E-state index contributed by atoms with van der Waals surface area (Å²) in [5.41, 5.74) is 6.37. The third-order valence-corrected chi connectivity index (χ3v) is 2.62. The monoisotopic (exact) mass is 420 g/mol. The molecule has 0 aliphatic carbocycles. The molecule has 28 heavy (non-hydrogen) atoms. The standard InChI is InChI=1S/C11H16N2O.2C2HF3O2/c1-9(11(12)14)13-8-7-10-5-3-2-4-6-10;2*3-2(4,5)1(6)7/h2-6,9,13H,7-8H2,1H3,(H2,12,14);2*(H,6,7). The minimum atomic E-state index is -5.08. The number of benzene rings is 1. The van der Waals surface area contributed by atoms with Crippen LogP contribution in [0.2, 0.25) is 0 Å². The summed E-state index contributed by atoms with van der Waals surface area (Å²) in [6.07, 6.45) is -9.25. The van der Waals surface area contributed by atoms with Gasteiger partial charge in [-0.3, -0.25) is 4.79 Å². The summed E-state index contributed by atoms with van der Waals surface area (Å²) in [6, 6.07) is 9.88. The lowest BCUT2D eigenvalue weighted by Crippen LogP contribution is -2.39. The van der Waals surface area contributed by atoms with Gasteiger partial charge in [0.2, 0.25) is 5.91 Å². The SMILES string of the molecule is CC(NCCc1ccccc1)C(N)=O.O=C(O)C(F)(F)F.O=C(O)C(F)(F)F. The second-order valence-corrected chi connectivity index (χ2v) is 4.92. The third-order valence-electron chi connectivity index (χ3n) is 2.62. The van der Waals surface area contributed by atoms with Crippen LogP contribution in [0, 0.1) is 0 Å². The van der Waals surface area contributed by atoms with Crippen molar-refractivity contribution in [1.82, 2.24) is 5.32 Å². The van der Waals surface area contributed by atoms with Crippen LogP contribution >= 0.6 is 0 Å². The number of nitrogens with two attached hydrogens (primary N) is 1. The molecule has 0 aliphatic heterocycles. The van der Waals surface area contributed by atoms with E-state index in [1.807, 2.05) is 18.2 Å². The van der Waals surface area contributed by atoms with Crippen molar-refractivity contribution in [2.45, 2.75) is 31.7 Å². The number of carboxylic acids is 2. The Morgan fingerprint density at radius 1 is 0.964 bits per heavy atom. The van der Waals surface area contributed by atoms with Crippen LogP contribution in [-0.2, 0) is 20.8 Å². The van der Waals surface area contributed by atoms with Gasteiger partial charge in [0, 0.05) is 0 Å². The van der Waals surface area contributed by atoms with E-state index in [1.54, 1.807) is 6.92 Å². The molecule has 0 spiro atoms. The Morgan fingerprint density at radius 2 is 1.32 bits per heavy atom. The fourth-order valence-electron chi connectivity index (χ4n) is 1.18. The molecular formula is C15H18F6N2O5. The molecule has 160 valence electrons. The predicted octanol–water partition coefficient (Wildman–Crippen LogP) is 1.96. The highest BCUT2D eigenvalue weighted by Crippen LogP contribution is 2.13. The zero-order valence-electron chi connectivity index (χ0n) is 14.3. The number of amides is 1. The maximum absolute atomic E-state index is 10.7. The molecule has 0 fully saturated rings. The lowest BCUT2D eigenvalue weighted by molar-refractivity contribution is -0.193. The molecular weight excluding hydrogens is 402 g/mol. The molecule has 1 amide bonds. The zero-order chi connectivity index (χ0) is 22.5. The first-order chi connectivity index (χ1) is 12.6. The number of hydrogen-bond acceptors (Lipinski definition) is 4. The normalized spacial score (nSPS) is 11.8. The highest BCUT2D eigenvalue weighted by Gasteiger charge is 2.38. The molecule has 7 nitrogen and oxygen atoms in total. The molecule has 0 heterocycles. The number of nitrogens with one attached hydrogen (secondary N) is 1. The van der Waals surface area contributed by atoms with Gasteiger partial charge in [-0.05, 0) is 25.5 Å². The quantitative estimate of drug-likeness (QED) is 0.539. The molecule has 0 radical (unpaired) electrons. The van der Waals surface area contributed by atoms with Gasteiger partial charge in [0.1, 0.15) is 0 Å². The Kier molecular flexibility index (Phi) is 12.3. The topological polar surface area (TPSA) is 130 Å². The molecule has 1 unspecified atom stereocenters. The maximum Gasteiger partial charge on any atom is 0.490 e. The maximum atomic E-state index is 10.7. The van der Waals surface area contributed by atoms with Crippen LogP contribution in [0.5, 0.6) is 0 Å². The fourth-order valence-corrected chi connectivity index (χ4v) is 1.18. The second kappa shape index (κ2) is 12.5. The second-order valence-electron chi connectivity index (χ2n) is 4.92. The first-order valence-corrected chi connectivity index (χ1v) is 7.25. The number of alkyl halides is 6. The predicted molar refractivity (Wildman–Crippen MR) is 84.2 cm³/mol. The van der Waals surface area contributed by atoms with Crippen molar-refractivity contribution in [3.05, 3.63) is 35.9 Å². The molecule has 5 N–H and O–H groups in total. The molecule has 1 aromatic rings. The average Bonchev–Trinajstić information content (AvgIpc) is 2.55. The van der Waals surface area contributed by atoms with Crippen LogP contribution in [0.3, 0.4) is 0 Å². The Labute approximate surface area is 155 Å². The minimum absolute atomic E-state index is 0.251. The third kappa shape index (κ3) is 15.4. The smallest absolute Gasteiger partial charge is 0.475 e. The molecule has 0 aromatic heterocycles. The van der Waals surface area contributed by atoms with E-state index in [2.05, 4.69) is 17.4 Å². The van der Waals surface area contributed by atoms with Crippen molar-refractivity contribution < 1.29 is 50.9 Å². The summed E-state index contributed by atoms with van der Waals surface area (Å²) >= 11 is 0. The van der Waals surface area contributed by atoms with E-state index < -0.39 is 24.3 Å². The number of aliphatic carboxylic acids is 2. The van der Waals surface area contributed by atoms with Crippen molar-refractivity contribution in [3.63, 3.8) is 0 Å². The van der Waals surface area contributed by atoms with Crippen LogP contribution in [-0.4, -0.2) is 53.0 Å². The van der Waals surface area contributed by atoms with Gasteiger partial charge in [0.25, 0.3) is 0 Å². The lowest BCUT2D eigenvalue weighted by Gasteiger charge is -2.09. The van der Waals surface area contributed by atoms with E-state index in [1.165, 1.54) is 5.56 Å². The van der Waals surface area contributed by atoms with Gasteiger partial charge in [0.05, 0.1) is 6.04 Å². The van der Waals surface area contributed by atoms with E-state index >= 15 is 0 Å². The summed E-state index contributed by atoms with van der Waals surface area (Å²) in [7, 11) is 0. The largest absolute Gasteiger partial charge is 0.490 e. The van der Waals surface area contributed by atoms with E-state index in [-0.39, 0.29) is 11.9 Å². The van der Waals surface area contributed by atoms with Crippen molar-refractivity contribution >= 4 is 17.8 Å². The van der Waals surface area contributed by atoms with Gasteiger partial charge in [-0.25, -0.2) is 9.59 Å². The Bertz CT molecular complexity index is 596. The van der Waals surface area contributed by atoms with Gasteiger partial charge < -0.3 is 21.3 Å². The summed E-state index contributed by atoms with van der Waals surface area (Å²) in [5, 5.41) is 17.3. The molecule has 13 heteroatoms. The van der Waals surface area contributed by atoms with Gasteiger partial charge >= 0.3 is 24.3 Å². The van der Waals surface area contributed by atoms with Gasteiger partial charge in [-0.2, -0.15) is 26.3 Å². The summed E-state index contributed by atoms with van der Waals surface area (Å²) < 4.78 is 63.5. The molecule has 0 saturated heterocycles. The Morgan fingerprint density at radius 3 is 1.61 bits per heavy atom. The molecule has 0 saturated carbocycles. The molecule has 0 aliphatic rings. The first kappa shape index (κ1) is 27.4. The summed E-state index contributed by atoms with van der Waals surface area (Å²) in [6.45, 7) is 2.54. The average molecular weight is 420 g/mol. The van der Waals surface area contributed by atoms with Crippen LogP contribution in [0.4, 0.5) is 26.3 Å². The van der Waals surface area contributed by atoms with Crippen LogP contribution in [0.1, 0.15) is 12.5 Å². The number of primary amides is 1. The number of carbonyl (C=O) groups is 3. The molecule has 1 aromatic carbocycles. The molecule has 0 bridgehead atoms. The van der Waals surface area contributed by atoms with Crippen molar-refractivity contribution in [2.75, 3.05) is 6.54 Å². The zero-order valence-corrected chi connectivity index (χ0v) is 14.3. The number of halogens is 6. The van der Waals surface area contributed by atoms with E-state index in [4.69, 9.17) is 25.5 Å². The number of rotatable bonds is 5. The van der Waals surface area contributed by atoms with E-state index in [9.17, 15) is 31.1 Å². The number of carbonyl (C=O) groups excluding carboxylic acids is 1. The van der Waals surface area contributed by atoms with E-state index in [0.29, 0.717) is 0 Å². The van der Waals surface area contributed by atoms with Crippen LogP contribution in [0.15, 0.2) is 30.3 Å². The molecule has 1 rings (SSSR count). The van der Waals surface area contributed by atoms with Crippen molar-refractivity contribution in [3.8, 4) is 0 Å². The Hall–Kier alpha value is -2.83. The van der Waals surface area contributed by atoms with E-state index in [0.717, 1.165) is 13.0 Å². The number of hydrogen-bond donors (Lipinski definition) is 4. The van der Waals surface area contributed by atoms with Gasteiger partial charge in [0.15, 0.2) is 0 Å². The fraction of sp³-hybridized carbons (Fsp3) is 0.400. The van der Waals surface area contributed by atoms with Crippen molar-refractivity contribution in [1.29, 1.82) is 0 Å². The number of carboxylic acid groups (broad SMARTS) is 2. The van der Waals surface area contributed by atoms with Crippen LogP contribution < -0.4 is 11.1 Å². The molecule has 1 atom stereocenters. The highest BCUT2D eigenvalue weighted by molar-refractivity contribution is 5.79. The van der Waals surface area contributed by atoms with Gasteiger partial charge in [-0.15, -0.1) is 0 Å². The summed E-state index contributed by atoms with van der Waals surface area (Å²) in [5.74, 6) is -5.82. The Balaban J connectivity index is 0. The van der Waals surface area contributed by atoms with Crippen LogP contribution in [0.25, 0.3) is 0 Å². The minimum Gasteiger partial charge on any atom is -0.475 e. The van der Waals surface area contributed by atoms with Gasteiger partial charge in [-0.1, -0.05) is 30.3 Å². The lowest BCUT2D eigenvalue weighted by atomic mass is 10.1. The highest BCUT2D eigenvalue weighted by atomic mass is 19.4. The first-order valence-electron chi connectivity index (χ1n) is 7.25. The van der Waals surface area contributed by atoms with Crippen molar-refractivity contribution in [2.24, 2.45) is 5.73 Å². The summed E-state index contributed by atoms with van der Waals surface area (Å²) in [4.78, 5) is 28.5.